The molecule has 0 aliphatic carbocycles. The minimum absolute atomic E-state index is 0.187. The highest BCUT2D eigenvalue weighted by atomic mass is 32.2. The number of rotatable bonds is 7. The van der Waals surface area contributed by atoms with Crippen LogP contribution in [0.1, 0.15) is 25.6 Å². The molecule has 0 spiro atoms. The predicted octanol–water partition coefficient (Wildman–Crippen LogP) is 1.64. The van der Waals surface area contributed by atoms with Crippen LogP contribution < -0.4 is 10.0 Å². The van der Waals surface area contributed by atoms with Crippen LogP contribution in [0, 0.1) is 0 Å². The van der Waals surface area contributed by atoms with Crippen LogP contribution in [0.4, 0.5) is 6.01 Å². The van der Waals surface area contributed by atoms with E-state index in [0.29, 0.717) is 22.6 Å². The summed E-state index contributed by atoms with van der Waals surface area (Å²) in [7, 11) is -3.42. The summed E-state index contributed by atoms with van der Waals surface area (Å²) in [6, 6.07) is 3.56. The molecule has 0 aliphatic rings. The van der Waals surface area contributed by atoms with Crippen molar-refractivity contribution in [1.82, 2.24) is 14.9 Å². The Hall–Kier alpha value is -1.45. The van der Waals surface area contributed by atoms with E-state index in [9.17, 15) is 8.42 Å². The van der Waals surface area contributed by atoms with E-state index < -0.39 is 10.0 Å². The Labute approximate surface area is 121 Å². The summed E-state index contributed by atoms with van der Waals surface area (Å²) in [5.74, 6) is 0.804. The minimum Gasteiger partial charge on any atom is -0.336 e. The molecule has 110 valence electrons. The summed E-state index contributed by atoms with van der Waals surface area (Å²) >= 11 is 1.18. The monoisotopic (exact) mass is 316 g/mol. The number of thiophene rings is 1. The normalized spacial score (nSPS) is 11.9. The number of anilines is 1. The van der Waals surface area contributed by atoms with Crippen molar-refractivity contribution in [2.75, 3.05) is 18.4 Å². The highest BCUT2D eigenvalue weighted by Crippen LogP contribution is 2.15. The summed E-state index contributed by atoms with van der Waals surface area (Å²) in [5, 5.41) is 8.39. The van der Waals surface area contributed by atoms with Crippen molar-refractivity contribution in [3.05, 3.63) is 23.3 Å². The fraction of sp³-hybridized carbons (Fsp3) is 0.455. The fourth-order valence-electron chi connectivity index (χ4n) is 1.38. The van der Waals surface area contributed by atoms with Crippen LogP contribution in [0.2, 0.25) is 0 Å². The molecule has 2 rings (SSSR count). The number of sulfonamides is 1. The van der Waals surface area contributed by atoms with Gasteiger partial charge in [-0.3, -0.25) is 0 Å². The first-order valence-electron chi connectivity index (χ1n) is 6.09. The van der Waals surface area contributed by atoms with E-state index in [4.69, 9.17) is 4.52 Å². The Kier molecular flexibility index (Phi) is 4.73. The first-order valence-corrected chi connectivity index (χ1v) is 8.46. The lowest BCUT2D eigenvalue weighted by Crippen LogP contribution is -2.28. The van der Waals surface area contributed by atoms with Crippen molar-refractivity contribution in [3.63, 3.8) is 0 Å². The molecule has 0 saturated carbocycles. The molecule has 0 radical (unpaired) electrons. The van der Waals surface area contributed by atoms with Crippen molar-refractivity contribution in [2.45, 2.75) is 24.0 Å². The van der Waals surface area contributed by atoms with Gasteiger partial charge in [0.1, 0.15) is 4.21 Å². The van der Waals surface area contributed by atoms with Gasteiger partial charge in [0, 0.05) is 19.0 Å². The van der Waals surface area contributed by atoms with Crippen molar-refractivity contribution in [1.29, 1.82) is 0 Å². The number of hydrogen-bond donors (Lipinski definition) is 2. The lowest BCUT2D eigenvalue weighted by molar-refractivity contribution is 0.419. The Morgan fingerprint density at radius 3 is 2.80 bits per heavy atom. The second-order valence-electron chi connectivity index (χ2n) is 4.37. The fourth-order valence-corrected chi connectivity index (χ4v) is 3.45. The standard InChI is InChI=1S/C11H16N4O3S2/c1-8(2)10-14-11(18-15-10)12-5-6-13-20(16,17)9-4-3-7-19-9/h3-4,7-8,13H,5-6H2,1-2H3,(H,12,14,15). The van der Waals surface area contributed by atoms with Gasteiger partial charge in [-0.05, 0) is 11.4 Å². The van der Waals surface area contributed by atoms with E-state index in [2.05, 4.69) is 20.2 Å². The van der Waals surface area contributed by atoms with Crippen LogP contribution in [-0.2, 0) is 10.0 Å². The summed E-state index contributed by atoms with van der Waals surface area (Å²) in [6.07, 6.45) is 0. The highest BCUT2D eigenvalue weighted by Gasteiger charge is 2.14. The van der Waals surface area contributed by atoms with Crippen molar-refractivity contribution < 1.29 is 12.9 Å². The summed E-state index contributed by atoms with van der Waals surface area (Å²) in [6.45, 7) is 4.53. The molecular formula is C11H16N4O3S2. The molecule has 0 aromatic carbocycles. The van der Waals surface area contributed by atoms with Crippen LogP contribution in [-0.4, -0.2) is 31.6 Å². The number of aromatic nitrogens is 2. The van der Waals surface area contributed by atoms with Gasteiger partial charge < -0.3 is 9.84 Å². The maximum atomic E-state index is 11.8. The molecule has 0 saturated heterocycles. The van der Waals surface area contributed by atoms with Gasteiger partial charge in [-0.2, -0.15) is 4.98 Å². The zero-order chi connectivity index (χ0) is 14.6. The maximum Gasteiger partial charge on any atom is 0.321 e. The molecule has 0 aliphatic heterocycles. The van der Waals surface area contributed by atoms with Crippen LogP contribution in [0.5, 0.6) is 0 Å². The molecule has 0 fully saturated rings. The number of hydrogen-bond acceptors (Lipinski definition) is 7. The molecule has 2 aromatic heterocycles. The molecule has 0 amide bonds. The van der Waals surface area contributed by atoms with E-state index in [1.807, 2.05) is 13.8 Å². The lowest BCUT2D eigenvalue weighted by Gasteiger charge is -2.04. The first kappa shape index (κ1) is 14.9. The van der Waals surface area contributed by atoms with Gasteiger partial charge in [0.2, 0.25) is 10.0 Å². The summed E-state index contributed by atoms with van der Waals surface area (Å²) in [5.41, 5.74) is 0. The van der Waals surface area contributed by atoms with Crippen molar-refractivity contribution in [3.8, 4) is 0 Å². The average Bonchev–Trinajstić information content (AvgIpc) is 3.05. The molecule has 7 nitrogen and oxygen atoms in total. The Morgan fingerprint density at radius 2 is 2.20 bits per heavy atom. The molecule has 0 bridgehead atoms. The van der Waals surface area contributed by atoms with E-state index in [0.717, 1.165) is 0 Å². The molecule has 9 heteroatoms. The Bertz CT molecular complexity index is 634. The zero-order valence-electron chi connectivity index (χ0n) is 11.2. The first-order chi connectivity index (χ1) is 9.49. The lowest BCUT2D eigenvalue weighted by atomic mass is 10.2. The largest absolute Gasteiger partial charge is 0.336 e. The van der Waals surface area contributed by atoms with Crippen molar-refractivity contribution >= 4 is 27.4 Å². The average molecular weight is 316 g/mol. The number of nitrogens with one attached hydrogen (secondary N) is 2. The predicted molar refractivity (Wildman–Crippen MR) is 76.4 cm³/mol. The molecule has 0 atom stereocenters. The number of nitrogens with zero attached hydrogens (tertiary/aromatic N) is 2. The second-order valence-corrected chi connectivity index (χ2v) is 7.31. The van der Waals surface area contributed by atoms with Crippen LogP contribution in [0.15, 0.2) is 26.2 Å². The van der Waals surface area contributed by atoms with Crippen LogP contribution in [0.25, 0.3) is 0 Å². The van der Waals surface area contributed by atoms with Crippen LogP contribution in [0.3, 0.4) is 0 Å². The molecular weight excluding hydrogens is 300 g/mol. The topological polar surface area (TPSA) is 97.1 Å². The SMILES string of the molecule is CC(C)c1noc(NCCNS(=O)(=O)c2cccs2)n1. The third kappa shape index (κ3) is 3.78. The van der Waals surface area contributed by atoms with Gasteiger partial charge >= 0.3 is 6.01 Å². The van der Waals surface area contributed by atoms with Crippen LogP contribution >= 0.6 is 11.3 Å². The highest BCUT2D eigenvalue weighted by molar-refractivity contribution is 7.91. The van der Waals surface area contributed by atoms with E-state index in [1.54, 1.807) is 17.5 Å². The molecule has 2 heterocycles. The molecule has 2 N–H and O–H groups in total. The van der Waals surface area contributed by atoms with E-state index >= 15 is 0 Å². The minimum atomic E-state index is -3.42. The summed E-state index contributed by atoms with van der Waals surface area (Å²) in [4.78, 5) is 4.13. The molecule has 0 unspecified atom stereocenters. The third-order valence-electron chi connectivity index (χ3n) is 2.41. The van der Waals surface area contributed by atoms with Gasteiger partial charge in [-0.25, -0.2) is 13.1 Å². The van der Waals surface area contributed by atoms with Crippen molar-refractivity contribution in [2.24, 2.45) is 0 Å². The van der Waals surface area contributed by atoms with Gasteiger partial charge in [0.15, 0.2) is 5.82 Å². The Morgan fingerprint density at radius 1 is 1.40 bits per heavy atom. The quantitative estimate of drug-likeness (QED) is 0.754. The van der Waals surface area contributed by atoms with Gasteiger partial charge in [-0.15, -0.1) is 11.3 Å². The smallest absolute Gasteiger partial charge is 0.321 e. The van der Waals surface area contributed by atoms with E-state index in [-0.39, 0.29) is 12.5 Å². The molecule has 2 aromatic rings. The van der Waals surface area contributed by atoms with Gasteiger partial charge in [0.25, 0.3) is 0 Å². The second kappa shape index (κ2) is 6.33. The summed E-state index contributed by atoms with van der Waals surface area (Å²) < 4.78 is 31.4. The van der Waals surface area contributed by atoms with Gasteiger partial charge in [0.05, 0.1) is 0 Å². The van der Waals surface area contributed by atoms with Gasteiger partial charge in [-0.1, -0.05) is 25.1 Å². The Balaban J connectivity index is 1.79. The van der Waals surface area contributed by atoms with E-state index in [1.165, 1.54) is 11.3 Å². The molecule has 20 heavy (non-hydrogen) atoms. The zero-order valence-corrected chi connectivity index (χ0v) is 12.8. The third-order valence-corrected chi connectivity index (χ3v) is 5.27. The maximum absolute atomic E-state index is 11.8.